The van der Waals surface area contributed by atoms with Gasteiger partial charge in [-0.05, 0) is 48.0 Å². The summed E-state index contributed by atoms with van der Waals surface area (Å²) in [5.41, 5.74) is 1.81. The molecule has 0 saturated carbocycles. The Morgan fingerprint density at radius 2 is 1.91 bits per heavy atom. The van der Waals surface area contributed by atoms with Crippen LogP contribution in [0.1, 0.15) is 11.1 Å². The lowest BCUT2D eigenvalue weighted by Gasteiger charge is -2.14. The van der Waals surface area contributed by atoms with E-state index >= 15 is 0 Å². The van der Waals surface area contributed by atoms with Gasteiger partial charge in [-0.15, -0.1) is 0 Å². The summed E-state index contributed by atoms with van der Waals surface area (Å²) in [7, 11) is 1.51. The SMILES string of the molecule is COc1cc(/C=C(\C#N)C(=O)Nc2cccc(Cl)c2)c(Br)cc1OCc1ccccc1Cl. The number of ether oxygens (including phenoxy) is 2. The normalized spacial score (nSPS) is 10.9. The largest absolute Gasteiger partial charge is 0.493 e. The molecule has 0 unspecified atom stereocenters. The number of carbonyl (C=O) groups is 1. The van der Waals surface area contributed by atoms with Crippen molar-refractivity contribution in [1.29, 1.82) is 5.26 Å². The number of amides is 1. The number of nitriles is 1. The van der Waals surface area contributed by atoms with Gasteiger partial charge in [0.1, 0.15) is 18.2 Å². The molecule has 0 radical (unpaired) electrons. The second kappa shape index (κ2) is 11.1. The maximum absolute atomic E-state index is 12.6. The predicted molar refractivity (Wildman–Crippen MR) is 130 cm³/mol. The Labute approximate surface area is 204 Å². The van der Waals surface area contributed by atoms with Gasteiger partial charge in [0.25, 0.3) is 5.91 Å². The molecule has 0 aromatic heterocycles. The van der Waals surface area contributed by atoms with E-state index in [4.69, 9.17) is 32.7 Å². The van der Waals surface area contributed by atoms with Crippen LogP contribution < -0.4 is 14.8 Å². The zero-order valence-corrected chi connectivity index (χ0v) is 20.0. The standard InChI is InChI=1S/C24H17BrCl2N2O3/c1-31-22-10-16(9-17(13-28)24(30)29-19-7-4-6-18(26)11-19)20(25)12-23(22)32-14-15-5-2-3-8-21(15)27/h2-12H,14H2,1H3,(H,29,30)/b17-9+. The lowest BCUT2D eigenvalue weighted by Crippen LogP contribution is -2.13. The smallest absolute Gasteiger partial charge is 0.266 e. The van der Waals surface area contributed by atoms with Gasteiger partial charge in [-0.25, -0.2) is 0 Å². The quantitative estimate of drug-likeness (QED) is 0.266. The van der Waals surface area contributed by atoms with Gasteiger partial charge in [0.15, 0.2) is 11.5 Å². The third-order valence-corrected chi connectivity index (χ3v) is 5.66. The lowest BCUT2D eigenvalue weighted by atomic mass is 10.1. The molecular weight excluding hydrogens is 515 g/mol. The molecule has 3 aromatic rings. The van der Waals surface area contributed by atoms with Crippen molar-refractivity contribution in [3.05, 3.63) is 91.9 Å². The Balaban J connectivity index is 1.83. The Kier molecular flexibility index (Phi) is 8.18. The molecule has 3 rings (SSSR count). The molecule has 1 amide bonds. The second-order valence-corrected chi connectivity index (χ2v) is 8.24. The number of benzene rings is 3. The maximum Gasteiger partial charge on any atom is 0.266 e. The van der Waals surface area contributed by atoms with Crippen molar-refractivity contribution >= 4 is 56.8 Å². The third kappa shape index (κ3) is 6.04. The van der Waals surface area contributed by atoms with Gasteiger partial charge < -0.3 is 14.8 Å². The average Bonchev–Trinajstić information content (AvgIpc) is 2.77. The topological polar surface area (TPSA) is 71.3 Å². The molecule has 0 bridgehead atoms. The third-order valence-electron chi connectivity index (χ3n) is 4.37. The molecule has 0 aliphatic rings. The van der Waals surface area contributed by atoms with Crippen LogP contribution in [-0.2, 0) is 11.4 Å². The van der Waals surface area contributed by atoms with Crippen LogP contribution in [0.2, 0.25) is 10.0 Å². The fourth-order valence-corrected chi connectivity index (χ4v) is 3.59. The van der Waals surface area contributed by atoms with Crippen LogP contribution in [0.5, 0.6) is 11.5 Å². The van der Waals surface area contributed by atoms with E-state index in [2.05, 4.69) is 21.2 Å². The van der Waals surface area contributed by atoms with Crippen molar-refractivity contribution in [2.24, 2.45) is 0 Å². The van der Waals surface area contributed by atoms with Gasteiger partial charge in [-0.2, -0.15) is 5.26 Å². The molecule has 5 nitrogen and oxygen atoms in total. The molecule has 0 heterocycles. The molecule has 3 aromatic carbocycles. The van der Waals surface area contributed by atoms with Crippen molar-refractivity contribution in [1.82, 2.24) is 0 Å². The minimum atomic E-state index is -0.556. The highest BCUT2D eigenvalue weighted by Gasteiger charge is 2.14. The number of nitrogens with zero attached hydrogens (tertiary/aromatic N) is 1. The molecule has 0 atom stereocenters. The number of hydrogen-bond acceptors (Lipinski definition) is 4. The minimum Gasteiger partial charge on any atom is -0.493 e. The van der Waals surface area contributed by atoms with Crippen molar-refractivity contribution < 1.29 is 14.3 Å². The lowest BCUT2D eigenvalue weighted by molar-refractivity contribution is -0.112. The molecule has 8 heteroatoms. The first-order chi connectivity index (χ1) is 15.4. The zero-order chi connectivity index (χ0) is 23.1. The summed E-state index contributed by atoms with van der Waals surface area (Å²) >= 11 is 15.6. The Morgan fingerprint density at radius 1 is 1.12 bits per heavy atom. The molecule has 0 saturated heterocycles. The fourth-order valence-electron chi connectivity index (χ4n) is 2.77. The molecule has 1 N–H and O–H groups in total. The number of halogens is 3. The predicted octanol–water partition coefficient (Wildman–Crippen LogP) is 6.89. The van der Waals surface area contributed by atoms with E-state index < -0.39 is 5.91 Å². The molecule has 0 aliphatic carbocycles. The van der Waals surface area contributed by atoms with Gasteiger partial charge in [0, 0.05) is 25.8 Å². The van der Waals surface area contributed by atoms with Crippen LogP contribution >= 0.6 is 39.1 Å². The van der Waals surface area contributed by atoms with Crippen molar-refractivity contribution in [2.45, 2.75) is 6.61 Å². The number of hydrogen-bond donors (Lipinski definition) is 1. The van der Waals surface area contributed by atoms with Gasteiger partial charge in [-0.1, -0.05) is 63.4 Å². The van der Waals surface area contributed by atoms with Crippen LogP contribution in [0, 0.1) is 11.3 Å². The second-order valence-electron chi connectivity index (χ2n) is 6.54. The summed E-state index contributed by atoms with van der Waals surface area (Å²) in [6.07, 6.45) is 1.46. The van der Waals surface area contributed by atoms with Gasteiger partial charge in [0.2, 0.25) is 0 Å². The number of carbonyl (C=O) groups excluding carboxylic acids is 1. The van der Waals surface area contributed by atoms with E-state index in [0.717, 1.165) is 5.56 Å². The van der Waals surface area contributed by atoms with E-state index in [1.807, 2.05) is 24.3 Å². The highest BCUT2D eigenvalue weighted by Crippen LogP contribution is 2.35. The van der Waals surface area contributed by atoms with E-state index in [1.54, 1.807) is 42.5 Å². The fraction of sp³-hybridized carbons (Fsp3) is 0.0833. The summed E-state index contributed by atoms with van der Waals surface area (Å²) in [6.45, 7) is 0.253. The minimum absolute atomic E-state index is 0.0857. The molecular formula is C24H17BrCl2N2O3. The first kappa shape index (κ1) is 23.7. The molecule has 0 spiro atoms. The van der Waals surface area contributed by atoms with Crippen LogP contribution in [0.15, 0.2) is 70.7 Å². The van der Waals surface area contributed by atoms with E-state index in [0.29, 0.717) is 37.3 Å². The Bertz CT molecular complexity index is 1220. The summed E-state index contributed by atoms with van der Waals surface area (Å²) in [4.78, 5) is 12.6. The summed E-state index contributed by atoms with van der Waals surface area (Å²) in [6, 6.07) is 19.4. The number of nitrogens with one attached hydrogen (secondary N) is 1. The van der Waals surface area contributed by atoms with E-state index in [-0.39, 0.29) is 12.2 Å². The van der Waals surface area contributed by atoms with Gasteiger partial charge in [-0.3, -0.25) is 4.79 Å². The zero-order valence-electron chi connectivity index (χ0n) is 16.9. The van der Waals surface area contributed by atoms with Crippen LogP contribution in [0.25, 0.3) is 6.08 Å². The molecule has 0 fully saturated rings. The Morgan fingerprint density at radius 3 is 2.59 bits per heavy atom. The molecule has 32 heavy (non-hydrogen) atoms. The van der Waals surface area contributed by atoms with Crippen molar-refractivity contribution in [2.75, 3.05) is 12.4 Å². The van der Waals surface area contributed by atoms with Gasteiger partial charge >= 0.3 is 0 Å². The summed E-state index contributed by atoms with van der Waals surface area (Å²) < 4.78 is 11.9. The first-order valence-corrected chi connectivity index (χ1v) is 10.9. The highest BCUT2D eigenvalue weighted by atomic mass is 79.9. The van der Waals surface area contributed by atoms with Crippen molar-refractivity contribution in [3.8, 4) is 17.6 Å². The molecule has 162 valence electrons. The molecule has 0 aliphatic heterocycles. The summed E-state index contributed by atoms with van der Waals surface area (Å²) in [5, 5.41) is 13.3. The average molecular weight is 532 g/mol. The van der Waals surface area contributed by atoms with Crippen LogP contribution in [-0.4, -0.2) is 13.0 Å². The maximum atomic E-state index is 12.6. The van der Waals surface area contributed by atoms with Crippen LogP contribution in [0.3, 0.4) is 0 Å². The highest BCUT2D eigenvalue weighted by molar-refractivity contribution is 9.10. The Hall–Kier alpha value is -2.98. The first-order valence-electron chi connectivity index (χ1n) is 9.33. The number of methoxy groups -OCH3 is 1. The number of anilines is 1. The van der Waals surface area contributed by atoms with Crippen molar-refractivity contribution in [3.63, 3.8) is 0 Å². The monoisotopic (exact) mass is 530 g/mol. The van der Waals surface area contributed by atoms with E-state index in [1.165, 1.54) is 13.2 Å². The summed E-state index contributed by atoms with van der Waals surface area (Å²) in [5.74, 6) is 0.372. The number of rotatable bonds is 7. The van der Waals surface area contributed by atoms with Gasteiger partial charge in [0.05, 0.1) is 7.11 Å². The van der Waals surface area contributed by atoms with Crippen LogP contribution in [0.4, 0.5) is 5.69 Å². The van der Waals surface area contributed by atoms with E-state index in [9.17, 15) is 10.1 Å².